The minimum absolute atomic E-state index is 0.0627. The lowest BCUT2D eigenvalue weighted by molar-refractivity contribution is -0.292. The van der Waals surface area contributed by atoms with E-state index in [1.165, 1.54) is 0 Å². The standard InChI is InChI=1S/C21H16ClF2NO6/c22-19-15(24)9-13(23)10-16(19)29-14-3-1-12(2-4-14)11-21-20(25-7-8-28-21)30-17(26)5-6-18(27)31-21/h1-6,9-10,20,25H,7-8,11H2/b6-5+/t20?,21-/m0/s1. The summed E-state index contributed by atoms with van der Waals surface area (Å²) in [5, 5.41) is 2.63. The molecule has 2 aromatic carbocycles. The second-order valence-corrected chi connectivity index (χ2v) is 7.19. The number of rotatable bonds is 4. The van der Waals surface area contributed by atoms with E-state index in [4.69, 9.17) is 30.5 Å². The normalized spacial score (nSPS) is 24.3. The lowest BCUT2D eigenvalue weighted by Crippen LogP contribution is -2.63. The minimum Gasteiger partial charge on any atom is -0.456 e. The molecule has 0 aliphatic carbocycles. The first-order chi connectivity index (χ1) is 14.8. The molecule has 10 heteroatoms. The van der Waals surface area contributed by atoms with Crippen LogP contribution in [0, 0.1) is 11.6 Å². The molecule has 2 aliphatic rings. The summed E-state index contributed by atoms with van der Waals surface area (Å²) in [6, 6.07) is 8.02. The van der Waals surface area contributed by atoms with Crippen molar-refractivity contribution in [3.63, 3.8) is 0 Å². The monoisotopic (exact) mass is 451 g/mol. The van der Waals surface area contributed by atoms with E-state index in [-0.39, 0.29) is 29.5 Å². The maximum absolute atomic E-state index is 13.6. The fourth-order valence-corrected chi connectivity index (χ4v) is 3.38. The number of nitrogens with one attached hydrogen (secondary N) is 1. The van der Waals surface area contributed by atoms with Gasteiger partial charge in [0.05, 0.1) is 6.61 Å². The summed E-state index contributed by atoms with van der Waals surface area (Å²) in [5.41, 5.74) is 0.658. The summed E-state index contributed by atoms with van der Waals surface area (Å²) in [5.74, 6) is -4.66. The van der Waals surface area contributed by atoms with Crippen molar-refractivity contribution in [2.24, 2.45) is 0 Å². The van der Waals surface area contributed by atoms with Crippen LogP contribution in [0.4, 0.5) is 8.78 Å². The molecule has 0 radical (unpaired) electrons. The van der Waals surface area contributed by atoms with E-state index >= 15 is 0 Å². The molecule has 1 N–H and O–H groups in total. The third-order valence-corrected chi connectivity index (χ3v) is 4.97. The average Bonchev–Trinajstić information content (AvgIpc) is 2.72. The topological polar surface area (TPSA) is 83.1 Å². The fraction of sp³-hybridized carbons (Fsp3) is 0.238. The van der Waals surface area contributed by atoms with Crippen LogP contribution in [0.2, 0.25) is 5.02 Å². The van der Waals surface area contributed by atoms with Gasteiger partial charge in [-0.05, 0) is 17.7 Å². The van der Waals surface area contributed by atoms with Crippen molar-refractivity contribution in [2.75, 3.05) is 13.2 Å². The summed E-state index contributed by atoms with van der Waals surface area (Å²) in [4.78, 5) is 23.9. The third-order valence-electron chi connectivity index (χ3n) is 4.60. The van der Waals surface area contributed by atoms with Crippen LogP contribution < -0.4 is 10.1 Å². The van der Waals surface area contributed by atoms with Gasteiger partial charge in [-0.15, -0.1) is 0 Å². The highest BCUT2D eigenvalue weighted by atomic mass is 35.5. The zero-order valence-electron chi connectivity index (χ0n) is 15.9. The average molecular weight is 452 g/mol. The molecule has 4 rings (SSSR count). The Morgan fingerprint density at radius 2 is 1.87 bits per heavy atom. The van der Waals surface area contributed by atoms with Gasteiger partial charge in [0.15, 0.2) is 5.75 Å². The first-order valence-corrected chi connectivity index (χ1v) is 9.63. The largest absolute Gasteiger partial charge is 0.456 e. The number of hydrogen-bond acceptors (Lipinski definition) is 7. The van der Waals surface area contributed by atoms with Gasteiger partial charge in [0.1, 0.15) is 22.4 Å². The van der Waals surface area contributed by atoms with E-state index in [0.717, 1.165) is 18.2 Å². The van der Waals surface area contributed by atoms with E-state index < -0.39 is 35.6 Å². The Balaban J connectivity index is 1.55. The van der Waals surface area contributed by atoms with E-state index in [2.05, 4.69) is 5.32 Å². The first kappa shape index (κ1) is 21.2. The molecule has 7 nitrogen and oxygen atoms in total. The maximum Gasteiger partial charge on any atom is 0.333 e. The van der Waals surface area contributed by atoms with Crippen LogP contribution in [-0.4, -0.2) is 37.1 Å². The number of carbonyl (C=O) groups is 2. The molecule has 0 spiro atoms. The molecule has 0 bridgehead atoms. The fourth-order valence-electron chi connectivity index (χ4n) is 3.23. The van der Waals surface area contributed by atoms with Crippen LogP contribution in [0.25, 0.3) is 0 Å². The molecule has 2 atom stereocenters. The Labute approximate surface area is 180 Å². The van der Waals surface area contributed by atoms with Crippen molar-refractivity contribution in [1.82, 2.24) is 5.32 Å². The molecule has 1 fully saturated rings. The number of hydrogen-bond donors (Lipinski definition) is 1. The van der Waals surface area contributed by atoms with Crippen molar-refractivity contribution < 1.29 is 37.3 Å². The summed E-state index contributed by atoms with van der Waals surface area (Å²) in [6.07, 6.45) is 1.01. The van der Waals surface area contributed by atoms with Crippen molar-refractivity contribution in [3.8, 4) is 11.5 Å². The predicted octanol–water partition coefficient (Wildman–Crippen LogP) is 3.25. The smallest absolute Gasteiger partial charge is 0.333 e. The van der Waals surface area contributed by atoms with Crippen LogP contribution >= 0.6 is 11.6 Å². The van der Waals surface area contributed by atoms with Gasteiger partial charge in [0, 0.05) is 37.3 Å². The highest BCUT2D eigenvalue weighted by Crippen LogP contribution is 2.34. The van der Waals surface area contributed by atoms with Gasteiger partial charge in [-0.25, -0.2) is 18.4 Å². The highest BCUT2D eigenvalue weighted by Gasteiger charge is 2.49. The summed E-state index contributed by atoms with van der Waals surface area (Å²) >= 11 is 5.82. The van der Waals surface area contributed by atoms with Crippen molar-refractivity contribution in [2.45, 2.75) is 18.4 Å². The van der Waals surface area contributed by atoms with Crippen LogP contribution in [0.15, 0.2) is 48.6 Å². The number of esters is 2. The van der Waals surface area contributed by atoms with Crippen molar-refractivity contribution in [1.29, 1.82) is 0 Å². The molecule has 2 heterocycles. The molecule has 1 saturated heterocycles. The predicted molar refractivity (Wildman–Crippen MR) is 103 cm³/mol. The molecule has 31 heavy (non-hydrogen) atoms. The van der Waals surface area contributed by atoms with Gasteiger partial charge in [0.2, 0.25) is 6.23 Å². The Bertz CT molecular complexity index is 1040. The first-order valence-electron chi connectivity index (χ1n) is 9.25. The van der Waals surface area contributed by atoms with E-state index in [9.17, 15) is 18.4 Å². The molecule has 162 valence electrons. The van der Waals surface area contributed by atoms with E-state index in [0.29, 0.717) is 18.2 Å². The molecular formula is C21H16ClF2NO6. The zero-order valence-corrected chi connectivity index (χ0v) is 16.7. The molecule has 2 aromatic rings. The Morgan fingerprint density at radius 1 is 1.13 bits per heavy atom. The third kappa shape index (κ3) is 4.68. The van der Waals surface area contributed by atoms with Gasteiger partial charge in [-0.2, -0.15) is 0 Å². The van der Waals surface area contributed by atoms with Gasteiger partial charge < -0.3 is 18.9 Å². The van der Waals surface area contributed by atoms with Gasteiger partial charge in [0.25, 0.3) is 5.79 Å². The maximum atomic E-state index is 13.6. The molecular weight excluding hydrogens is 436 g/mol. The summed E-state index contributed by atoms with van der Waals surface area (Å²) in [7, 11) is 0. The number of fused-ring (bicyclic) bond motifs is 1. The van der Waals surface area contributed by atoms with Crippen LogP contribution in [-0.2, 0) is 30.2 Å². The van der Waals surface area contributed by atoms with Crippen LogP contribution in [0.1, 0.15) is 5.56 Å². The van der Waals surface area contributed by atoms with Crippen LogP contribution in [0.3, 0.4) is 0 Å². The lowest BCUT2D eigenvalue weighted by Gasteiger charge is -2.42. The summed E-state index contributed by atoms with van der Waals surface area (Å²) in [6.45, 7) is 0.633. The number of ether oxygens (including phenoxy) is 4. The highest BCUT2D eigenvalue weighted by molar-refractivity contribution is 6.32. The Hall–Kier alpha value is -3.01. The van der Waals surface area contributed by atoms with Gasteiger partial charge in [-0.3, -0.25) is 5.32 Å². The zero-order chi connectivity index (χ0) is 22.0. The number of benzene rings is 2. The van der Waals surface area contributed by atoms with Crippen LogP contribution in [0.5, 0.6) is 11.5 Å². The SMILES string of the molecule is O=C1/C=C/C(=O)O[C@]2(Cc3ccc(Oc4cc(F)cc(F)c4Cl)cc3)OCCNC2O1. The minimum atomic E-state index is -1.56. The molecule has 0 amide bonds. The molecule has 0 aromatic heterocycles. The second kappa shape index (κ2) is 8.62. The molecule has 2 aliphatic heterocycles. The molecule has 1 unspecified atom stereocenters. The van der Waals surface area contributed by atoms with Gasteiger partial charge >= 0.3 is 11.9 Å². The second-order valence-electron chi connectivity index (χ2n) is 6.81. The van der Waals surface area contributed by atoms with Crippen molar-refractivity contribution >= 4 is 23.5 Å². The Kier molecular flexibility index (Phi) is 5.90. The number of halogens is 3. The van der Waals surface area contributed by atoms with Crippen molar-refractivity contribution in [3.05, 3.63) is 70.8 Å². The lowest BCUT2D eigenvalue weighted by atomic mass is 10.0. The molecule has 0 saturated carbocycles. The number of carbonyl (C=O) groups excluding carboxylic acids is 2. The van der Waals surface area contributed by atoms with Gasteiger partial charge in [-0.1, -0.05) is 23.7 Å². The Morgan fingerprint density at radius 3 is 2.65 bits per heavy atom. The number of morpholine rings is 1. The summed E-state index contributed by atoms with van der Waals surface area (Å²) < 4.78 is 49.0. The van der Waals surface area contributed by atoms with E-state index in [1.807, 2.05) is 0 Å². The quantitative estimate of drug-likeness (QED) is 0.564. The van der Waals surface area contributed by atoms with E-state index in [1.54, 1.807) is 24.3 Å².